The SMILES string of the molecule is CC1=C(Cl)CC[C@]2(C)C(=O)CC[C@]12O. The van der Waals surface area contributed by atoms with Crippen molar-refractivity contribution in [1.82, 2.24) is 0 Å². The lowest BCUT2D eigenvalue weighted by Crippen LogP contribution is -2.48. The van der Waals surface area contributed by atoms with Gasteiger partial charge in [0.05, 0.1) is 11.0 Å². The maximum Gasteiger partial charge on any atom is 0.142 e. The molecule has 1 fully saturated rings. The standard InChI is InChI=1S/C11H15ClO2/c1-7-8(12)3-5-10(2)9(13)4-6-11(7,10)14/h14H,3-6H2,1-2H3/t10-,11+/m1/s1. The van der Waals surface area contributed by atoms with E-state index in [0.717, 1.165) is 17.0 Å². The third-order valence-electron chi connectivity index (χ3n) is 4.11. The minimum absolute atomic E-state index is 0.184. The van der Waals surface area contributed by atoms with Crippen LogP contribution in [0.15, 0.2) is 10.6 Å². The Morgan fingerprint density at radius 3 is 2.64 bits per heavy atom. The highest BCUT2D eigenvalue weighted by atomic mass is 35.5. The normalized spacial score (nSPS) is 43.0. The summed E-state index contributed by atoms with van der Waals surface area (Å²) in [7, 11) is 0. The molecule has 2 nitrogen and oxygen atoms in total. The van der Waals surface area contributed by atoms with E-state index >= 15 is 0 Å². The first kappa shape index (κ1) is 10.2. The number of Topliss-reactive ketones (excluding diaryl/α,β-unsaturated/α-hetero) is 1. The third-order valence-corrected chi connectivity index (χ3v) is 4.59. The summed E-state index contributed by atoms with van der Waals surface area (Å²) < 4.78 is 0. The summed E-state index contributed by atoms with van der Waals surface area (Å²) in [6.07, 6.45) is 2.41. The zero-order valence-electron chi connectivity index (χ0n) is 8.56. The first-order valence-electron chi connectivity index (χ1n) is 5.03. The second-order valence-corrected chi connectivity index (χ2v) is 5.10. The molecule has 0 aromatic rings. The topological polar surface area (TPSA) is 37.3 Å². The highest BCUT2D eigenvalue weighted by Crippen LogP contribution is 2.55. The Morgan fingerprint density at radius 1 is 1.36 bits per heavy atom. The molecule has 2 aliphatic carbocycles. The van der Waals surface area contributed by atoms with Crippen LogP contribution in [0.2, 0.25) is 0 Å². The van der Waals surface area contributed by atoms with E-state index in [1.807, 2.05) is 13.8 Å². The summed E-state index contributed by atoms with van der Waals surface area (Å²) in [6, 6.07) is 0. The van der Waals surface area contributed by atoms with E-state index in [2.05, 4.69) is 0 Å². The Bertz CT molecular complexity index is 334. The fourth-order valence-corrected chi connectivity index (χ4v) is 3.05. The number of halogens is 1. The minimum Gasteiger partial charge on any atom is -0.384 e. The Labute approximate surface area is 88.9 Å². The molecule has 0 unspecified atom stereocenters. The van der Waals surface area contributed by atoms with Crippen LogP contribution < -0.4 is 0 Å². The molecule has 0 saturated heterocycles. The molecule has 78 valence electrons. The Balaban J connectivity index is 2.55. The van der Waals surface area contributed by atoms with Gasteiger partial charge in [0.2, 0.25) is 0 Å². The van der Waals surface area contributed by atoms with Crippen LogP contribution in [0.3, 0.4) is 0 Å². The zero-order valence-corrected chi connectivity index (χ0v) is 9.32. The third kappa shape index (κ3) is 0.986. The van der Waals surface area contributed by atoms with Gasteiger partial charge < -0.3 is 5.11 Å². The Kier molecular flexibility index (Phi) is 2.06. The van der Waals surface area contributed by atoms with Crippen LogP contribution in [0.1, 0.15) is 39.5 Å². The molecular weight excluding hydrogens is 200 g/mol. The van der Waals surface area contributed by atoms with Gasteiger partial charge in [0.1, 0.15) is 5.78 Å². The number of ketones is 1. The van der Waals surface area contributed by atoms with Crippen molar-refractivity contribution in [3.05, 3.63) is 10.6 Å². The molecule has 0 bridgehead atoms. The van der Waals surface area contributed by atoms with E-state index < -0.39 is 11.0 Å². The molecule has 2 atom stereocenters. The summed E-state index contributed by atoms with van der Waals surface area (Å²) >= 11 is 6.04. The smallest absolute Gasteiger partial charge is 0.142 e. The zero-order chi connectivity index (χ0) is 10.6. The van der Waals surface area contributed by atoms with Crippen LogP contribution in [0.4, 0.5) is 0 Å². The fraction of sp³-hybridized carbons (Fsp3) is 0.727. The maximum absolute atomic E-state index is 11.8. The van der Waals surface area contributed by atoms with Crippen molar-refractivity contribution >= 4 is 17.4 Å². The van der Waals surface area contributed by atoms with Gasteiger partial charge >= 0.3 is 0 Å². The van der Waals surface area contributed by atoms with Crippen molar-refractivity contribution in [3.8, 4) is 0 Å². The van der Waals surface area contributed by atoms with Crippen molar-refractivity contribution < 1.29 is 9.90 Å². The molecule has 2 rings (SSSR count). The monoisotopic (exact) mass is 214 g/mol. The molecule has 3 heteroatoms. The highest BCUT2D eigenvalue weighted by molar-refractivity contribution is 6.30. The number of hydrogen-bond acceptors (Lipinski definition) is 2. The quantitative estimate of drug-likeness (QED) is 0.673. The van der Waals surface area contributed by atoms with Gasteiger partial charge in [0.15, 0.2) is 0 Å². The molecule has 0 spiro atoms. The largest absolute Gasteiger partial charge is 0.384 e. The number of hydrogen-bond donors (Lipinski definition) is 1. The number of allylic oxidation sites excluding steroid dienone is 1. The fourth-order valence-electron chi connectivity index (χ4n) is 2.80. The van der Waals surface area contributed by atoms with E-state index in [9.17, 15) is 9.90 Å². The summed E-state index contributed by atoms with van der Waals surface area (Å²) in [5, 5.41) is 11.3. The average molecular weight is 215 g/mol. The maximum atomic E-state index is 11.8. The van der Waals surface area contributed by atoms with Gasteiger partial charge in [0, 0.05) is 11.5 Å². The van der Waals surface area contributed by atoms with E-state index in [4.69, 9.17) is 11.6 Å². The summed E-state index contributed by atoms with van der Waals surface area (Å²) in [5.74, 6) is 0.184. The molecule has 1 N–H and O–H groups in total. The first-order valence-corrected chi connectivity index (χ1v) is 5.41. The molecule has 0 aliphatic heterocycles. The molecular formula is C11H15ClO2. The number of rotatable bonds is 0. The van der Waals surface area contributed by atoms with Crippen molar-refractivity contribution in [2.24, 2.45) is 5.41 Å². The van der Waals surface area contributed by atoms with E-state index in [1.54, 1.807) is 0 Å². The lowest BCUT2D eigenvalue weighted by Gasteiger charge is -2.43. The van der Waals surface area contributed by atoms with Crippen molar-refractivity contribution in [3.63, 3.8) is 0 Å². The van der Waals surface area contributed by atoms with Crippen LogP contribution in [0, 0.1) is 5.41 Å². The van der Waals surface area contributed by atoms with E-state index in [1.165, 1.54) is 0 Å². The lowest BCUT2D eigenvalue weighted by molar-refractivity contribution is -0.133. The van der Waals surface area contributed by atoms with Gasteiger partial charge in [-0.1, -0.05) is 11.6 Å². The number of fused-ring (bicyclic) bond motifs is 1. The van der Waals surface area contributed by atoms with Crippen LogP contribution in [-0.2, 0) is 4.79 Å². The second kappa shape index (κ2) is 2.83. The molecule has 0 aromatic heterocycles. The minimum atomic E-state index is -0.973. The van der Waals surface area contributed by atoms with Gasteiger partial charge in [-0.3, -0.25) is 4.79 Å². The van der Waals surface area contributed by atoms with E-state index in [-0.39, 0.29) is 5.78 Å². The predicted octanol–water partition coefficient (Wildman–Crippen LogP) is 2.39. The predicted molar refractivity (Wildman–Crippen MR) is 55.1 cm³/mol. The average Bonchev–Trinajstić information content (AvgIpc) is 2.39. The van der Waals surface area contributed by atoms with Crippen molar-refractivity contribution in [1.29, 1.82) is 0 Å². The van der Waals surface area contributed by atoms with Crippen LogP contribution >= 0.6 is 11.6 Å². The molecule has 0 heterocycles. The molecule has 0 aromatic carbocycles. The number of carbonyl (C=O) groups excluding carboxylic acids is 1. The van der Waals surface area contributed by atoms with Gasteiger partial charge in [-0.15, -0.1) is 0 Å². The second-order valence-electron chi connectivity index (χ2n) is 4.65. The van der Waals surface area contributed by atoms with Gasteiger partial charge in [-0.05, 0) is 38.7 Å². The highest BCUT2D eigenvalue weighted by Gasteiger charge is 2.59. The van der Waals surface area contributed by atoms with Crippen molar-refractivity contribution in [2.75, 3.05) is 0 Å². The molecule has 14 heavy (non-hydrogen) atoms. The number of carbonyl (C=O) groups is 1. The molecule has 0 radical (unpaired) electrons. The van der Waals surface area contributed by atoms with Crippen LogP contribution in [0.5, 0.6) is 0 Å². The van der Waals surface area contributed by atoms with Crippen LogP contribution in [0.25, 0.3) is 0 Å². The Morgan fingerprint density at radius 2 is 2.00 bits per heavy atom. The Hall–Kier alpha value is -0.340. The molecule has 0 amide bonds. The summed E-state index contributed by atoms with van der Waals surface area (Å²) in [5.41, 5.74) is -0.756. The molecule has 1 saturated carbocycles. The van der Waals surface area contributed by atoms with Crippen molar-refractivity contribution in [2.45, 2.75) is 45.1 Å². The number of aliphatic hydroxyl groups is 1. The van der Waals surface area contributed by atoms with Crippen LogP contribution in [-0.4, -0.2) is 16.5 Å². The van der Waals surface area contributed by atoms with E-state index in [0.29, 0.717) is 19.3 Å². The summed E-state index contributed by atoms with van der Waals surface area (Å²) in [4.78, 5) is 11.8. The summed E-state index contributed by atoms with van der Waals surface area (Å²) in [6.45, 7) is 3.72. The van der Waals surface area contributed by atoms with Gasteiger partial charge in [-0.2, -0.15) is 0 Å². The molecule has 2 aliphatic rings. The van der Waals surface area contributed by atoms with Gasteiger partial charge in [-0.25, -0.2) is 0 Å². The van der Waals surface area contributed by atoms with Gasteiger partial charge in [0.25, 0.3) is 0 Å². The first-order chi connectivity index (χ1) is 6.42. The lowest BCUT2D eigenvalue weighted by atomic mass is 9.65.